The Labute approximate surface area is 189 Å². The fourth-order valence-electron chi connectivity index (χ4n) is 5.40. The Hall–Kier alpha value is -3.90. The summed E-state index contributed by atoms with van der Waals surface area (Å²) in [5.41, 5.74) is 11.6. The normalized spacial score (nSPS) is 16.4. The van der Waals surface area contributed by atoms with Crippen LogP contribution in [-0.4, -0.2) is 0 Å². The van der Waals surface area contributed by atoms with Crippen molar-refractivity contribution in [1.82, 2.24) is 0 Å². The first-order valence-corrected chi connectivity index (χ1v) is 11.2. The molecule has 0 nitrogen and oxygen atoms in total. The average molecular weight is 409 g/mol. The second-order valence-electron chi connectivity index (χ2n) is 8.72. The minimum absolute atomic E-state index is 0.215. The lowest BCUT2D eigenvalue weighted by atomic mass is 9.71. The molecule has 0 heteroatoms. The fraction of sp³-hybridized carbons (Fsp3) is 0.0625. The first kappa shape index (κ1) is 18.8. The molecule has 0 heterocycles. The van der Waals surface area contributed by atoms with Gasteiger partial charge in [0.2, 0.25) is 0 Å². The quantitative estimate of drug-likeness (QED) is 0.281. The topological polar surface area (TPSA) is 0 Å². The highest BCUT2D eigenvalue weighted by atomic mass is 14.4. The van der Waals surface area contributed by atoms with Crippen molar-refractivity contribution in [2.75, 3.05) is 0 Å². The minimum atomic E-state index is -0.215. The van der Waals surface area contributed by atoms with Crippen LogP contribution in [0.1, 0.15) is 23.6 Å². The molecule has 0 aromatic heterocycles. The summed E-state index contributed by atoms with van der Waals surface area (Å²) in [7, 11) is 0. The van der Waals surface area contributed by atoms with Crippen LogP contribution in [0.3, 0.4) is 0 Å². The van der Waals surface area contributed by atoms with Crippen LogP contribution in [0.25, 0.3) is 33.4 Å². The van der Waals surface area contributed by atoms with Gasteiger partial charge in [-0.25, -0.2) is 0 Å². The Kier molecular flexibility index (Phi) is 4.33. The minimum Gasteiger partial charge on any atom is -0.0622 e. The molecule has 5 aromatic rings. The summed E-state index contributed by atoms with van der Waals surface area (Å²) in [6.07, 6.45) is 0. The Bertz CT molecular complexity index is 1400. The monoisotopic (exact) mass is 408 g/mol. The van der Waals surface area contributed by atoms with Gasteiger partial charge >= 0.3 is 0 Å². The van der Waals surface area contributed by atoms with Crippen molar-refractivity contribution < 1.29 is 0 Å². The van der Waals surface area contributed by atoms with Gasteiger partial charge in [-0.05, 0) is 69.1 Å². The van der Waals surface area contributed by atoms with Crippen molar-refractivity contribution in [2.24, 2.45) is 0 Å². The second kappa shape index (κ2) is 7.35. The summed E-state index contributed by atoms with van der Waals surface area (Å²) >= 11 is 0. The molecule has 1 aliphatic carbocycles. The molecule has 6 rings (SSSR count). The van der Waals surface area contributed by atoms with E-state index < -0.39 is 0 Å². The first-order valence-electron chi connectivity index (χ1n) is 11.2. The van der Waals surface area contributed by atoms with Crippen molar-refractivity contribution in [3.8, 4) is 33.4 Å². The second-order valence-corrected chi connectivity index (χ2v) is 8.72. The van der Waals surface area contributed by atoms with E-state index >= 15 is 0 Å². The Balaban J connectivity index is 1.74. The van der Waals surface area contributed by atoms with Crippen LogP contribution in [-0.2, 0) is 5.41 Å². The van der Waals surface area contributed by atoms with Crippen LogP contribution >= 0.6 is 0 Å². The number of hydrogen-bond donors (Lipinski definition) is 0. The number of fused-ring (bicyclic) bond motifs is 3. The molecule has 1 aliphatic rings. The van der Waals surface area contributed by atoms with Gasteiger partial charge in [0.1, 0.15) is 0 Å². The highest BCUT2D eigenvalue weighted by Crippen LogP contribution is 2.56. The molecule has 0 fully saturated rings. The van der Waals surface area contributed by atoms with Crippen molar-refractivity contribution in [3.63, 3.8) is 0 Å². The smallest absolute Gasteiger partial charge is 0.0441 e. The van der Waals surface area contributed by atoms with Crippen LogP contribution in [0, 0.1) is 0 Å². The molecule has 0 bridgehead atoms. The van der Waals surface area contributed by atoms with Gasteiger partial charge in [-0.15, -0.1) is 0 Å². The van der Waals surface area contributed by atoms with Crippen LogP contribution in [0.5, 0.6) is 0 Å². The zero-order valence-electron chi connectivity index (χ0n) is 18.1. The number of hydrogen-bond acceptors (Lipinski definition) is 0. The summed E-state index contributed by atoms with van der Waals surface area (Å²) < 4.78 is 0. The van der Waals surface area contributed by atoms with E-state index in [1.165, 1.54) is 50.1 Å². The molecular weight excluding hydrogens is 384 g/mol. The van der Waals surface area contributed by atoms with Gasteiger partial charge in [-0.2, -0.15) is 0 Å². The largest absolute Gasteiger partial charge is 0.0622 e. The molecule has 1 atom stereocenters. The van der Waals surface area contributed by atoms with E-state index in [1.807, 2.05) is 0 Å². The molecule has 0 radical (unpaired) electrons. The lowest BCUT2D eigenvalue weighted by molar-refractivity contribution is 0.716. The molecule has 0 amide bonds. The van der Waals surface area contributed by atoms with Gasteiger partial charge in [0.25, 0.3) is 0 Å². The number of rotatable bonds is 3. The van der Waals surface area contributed by atoms with Gasteiger partial charge in [0.05, 0.1) is 0 Å². The van der Waals surface area contributed by atoms with E-state index in [9.17, 15) is 0 Å². The summed E-state index contributed by atoms with van der Waals surface area (Å²) in [5.74, 6) is 0. The van der Waals surface area contributed by atoms with E-state index in [4.69, 9.17) is 0 Å². The van der Waals surface area contributed by atoms with Crippen molar-refractivity contribution in [3.05, 3.63) is 144 Å². The third-order valence-electron chi connectivity index (χ3n) is 6.94. The van der Waals surface area contributed by atoms with Gasteiger partial charge in [-0.3, -0.25) is 0 Å². The molecule has 0 saturated carbocycles. The maximum Gasteiger partial charge on any atom is 0.0441 e. The molecule has 32 heavy (non-hydrogen) atoms. The van der Waals surface area contributed by atoms with E-state index in [2.05, 4.69) is 134 Å². The third-order valence-corrected chi connectivity index (χ3v) is 6.94. The fourth-order valence-corrected chi connectivity index (χ4v) is 5.40. The summed E-state index contributed by atoms with van der Waals surface area (Å²) in [6, 6.07) is 46.2. The van der Waals surface area contributed by atoms with E-state index in [0.717, 1.165) is 0 Å². The molecule has 0 aliphatic heterocycles. The predicted molar refractivity (Wildman–Crippen MR) is 135 cm³/mol. The van der Waals surface area contributed by atoms with Crippen LogP contribution in [0.4, 0.5) is 0 Å². The van der Waals surface area contributed by atoms with E-state index in [-0.39, 0.29) is 5.41 Å². The SMILES string of the molecule is C[C@]1(c2ccccc2)c2ccccc2-c2cc(-c3ccccc3)cc(-c3ccccc3)c21. The Morgan fingerprint density at radius 2 is 0.969 bits per heavy atom. The summed E-state index contributed by atoms with van der Waals surface area (Å²) in [6.45, 7) is 2.39. The molecule has 0 spiro atoms. The van der Waals surface area contributed by atoms with Crippen molar-refractivity contribution in [2.45, 2.75) is 12.3 Å². The van der Waals surface area contributed by atoms with E-state index in [1.54, 1.807) is 0 Å². The third kappa shape index (κ3) is 2.77. The van der Waals surface area contributed by atoms with Crippen LogP contribution < -0.4 is 0 Å². The molecule has 5 aromatic carbocycles. The maximum atomic E-state index is 2.39. The maximum absolute atomic E-state index is 2.39. The highest BCUT2D eigenvalue weighted by Gasteiger charge is 2.42. The highest BCUT2D eigenvalue weighted by molar-refractivity contribution is 5.93. The lowest BCUT2D eigenvalue weighted by Gasteiger charge is -2.30. The lowest BCUT2D eigenvalue weighted by Crippen LogP contribution is -2.23. The predicted octanol–water partition coefficient (Wildman–Crippen LogP) is 8.36. The van der Waals surface area contributed by atoms with Gasteiger partial charge < -0.3 is 0 Å². The molecule has 152 valence electrons. The Morgan fingerprint density at radius 3 is 1.66 bits per heavy atom. The van der Waals surface area contributed by atoms with Gasteiger partial charge in [-0.1, -0.05) is 115 Å². The summed E-state index contributed by atoms with van der Waals surface area (Å²) in [4.78, 5) is 0. The molecule has 0 saturated heterocycles. The average Bonchev–Trinajstić information content (AvgIpc) is 3.15. The van der Waals surface area contributed by atoms with Crippen molar-refractivity contribution in [1.29, 1.82) is 0 Å². The summed E-state index contributed by atoms with van der Waals surface area (Å²) in [5, 5.41) is 0. The zero-order chi connectivity index (χ0) is 21.5. The van der Waals surface area contributed by atoms with Crippen LogP contribution in [0.2, 0.25) is 0 Å². The first-order chi connectivity index (χ1) is 15.8. The molecular formula is C32H24. The van der Waals surface area contributed by atoms with Crippen LogP contribution in [0.15, 0.2) is 127 Å². The molecule has 0 N–H and O–H groups in total. The standard InChI is InChI=1S/C32H24/c1-32(26-17-9-4-10-18-26)30-20-12-11-19-27(30)29-22-25(23-13-5-2-6-14-23)21-28(31(29)32)24-15-7-3-8-16-24/h2-22H,1H3/t32-/m0/s1. The number of benzene rings is 5. The Morgan fingerprint density at radius 1 is 0.438 bits per heavy atom. The van der Waals surface area contributed by atoms with Crippen molar-refractivity contribution >= 4 is 0 Å². The van der Waals surface area contributed by atoms with Gasteiger partial charge in [0, 0.05) is 5.41 Å². The van der Waals surface area contributed by atoms with Gasteiger partial charge in [0.15, 0.2) is 0 Å². The zero-order valence-corrected chi connectivity index (χ0v) is 18.1. The van der Waals surface area contributed by atoms with E-state index in [0.29, 0.717) is 0 Å². The molecule has 0 unspecified atom stereocenters.